The molecule has 13 heavy (non-hydrogen) atoms. The Morgan fingerprint density at radius 2 is 2.08 bits per heavy atom. The second-order valence-electron chi connectivity index (χ2n) is 3.49. The van der Waals surface area contributed by atoms with E-state index in [0.717, 1.165) is 12.8 Å². The molecule has 0 bridgehead atoms. The molecule has 1 fully saturated rings. The van der Waals surface area contributed by atoms with Crippen molar-refractivity contribution < 1.29 is 4.79 Å². The maximum absolute atomic E-state index is 10.8. The van der Waals surface area contributed by atoms with Gasteiger partial charge in [-0.3, -0.25) is 14.8 Å². The van der Waals surface area contributed by atoms with Crippen LogP contribution in [0.1, 0.15) is 25.7 Å². The molecule has 2 atom stereocenters. The van der Waals surface area contributed by atoms with E-state index in [2.05, 4.69) is 9.98 Å². The van der Waals surface area contributed by atoms with Crippen LogP contribution < -0.4 is 0 Å². The van der Waals surface area contributed by atoms with Crippen molar-refractivity contribution in [2.45, 2.75) is 37.8 Å². The van der Waals surface area contributed by atoms with E-state index >= 15 is 0 Å². The first kappa shape index (κ1) is 8.88. The average molecular weight is 199 g/mol. The van der Waals surface area contributed by atoms with E-state index in [1.807, 2.05) is 0 Å². The third-order valence-corrected chi connectivity index (χ3v) is 2.78. The van der Waals surface area contributed by atoms with E-state index in [9.17, 15) is 4.79 Å². The van der Waals surface area contributed by atoms with Gasteiger partial charge in [0.05, 0.1) is 18.3 Å². The summed E-state index contributed by atoms with van der Waals surface area (Å²) in [7, 11) is 0. The Bertz CT molecular complexity index is 285. The summed E-state index contributed by atoms with van der Waals surface area (Å²) in [5.41, 5.74) is 0.324. The second-order valence-corrected chi connectivity index (χ2v) is 3.83. The van der Waals surface area contributed by atoms with Gasteiger partial charge in [-0.25, -0.2) is 0 Å². The Labute approximate surface area is 81.9 Å². The zero-order chi connectivity index (χ0) is 9.26. The molecule has 0 aromatic heterocycles. The fourth-order valence-corrected chi connectivity index (χ4v) is 1.99. The number of carbonyl (C=O) groups is 1. The lowest BCUT2D eigenvalue weighted by Crippen LogP contribution is -2.33. The van der Waals surface area contributed by atoms with Crippen molar-refractivity contribution in [1.29, 1.82) is 0 Å². The summed E-state index contributed by atoms with van der Waals surface area (Å²) in [6.07, 6.45) is 6.05. The maximum Gasteiger partial charge on any atom is 0.271 e. The molecule has 1 saturated carbocycles. The van der Waals surface area contributed by atoms with Gasteiger partial charge in [-0.1, -0.05) is 12.8 Å². The van der Waals surface area contributed by atoms with Crippen molar-refractivity contribution >= 4 is 28.8 Å². The number of halogens is 1. The third kappa shape index (κ3) is 1.80. The molecule has 2 unspecified atom stereocenters. The van der Waals surface area contributed by atoms with E-state index in [-0.39, 0.29) is 6.04 Å². The second kappa shape index (κ2) is 3.58. The number of nitrogens with zero attached hydrogens (tertiary/aromatic N) is 2. The van der Waals surface area contributed by atoms with E-state index in [1.54, 1.807) is 0 Å². The first-order chi connectivity index (χ1) is 6.27. The lowest BCUT2D eigenvalue weighted by atomic mass is 9.90. The molecule has 0 spiro atoms. The molecule has 0 saturated heterocycles. The number of aliphatic imine (C=N–C) groups is 2. The van der Waals surface area contributed by atoms with Crippen LogP contribution in [0.25, 0.3) is 0 Å². The van der Waals surface area contributed by atoms with E-state index in [1.165, 1.54) is 19.1 Å². The molecule has 0 radical (unpaired) electrons. The summed E-state index contributed by atoms with van der Waals surface area (Å²) in [6.45, 7) is 0. The summed E-state index contributed by atoms with van der Waals surface area (Å²) in [6, 6.07) is 0.505. The molecule has 0 amide bonds. The molecule has 0 N–H and O–H groups in total. The lowest BCUT2D eigenvalue weighted by molar-refractivity contribution is -0.106. The topological polar surface area (TPSA) is 41.8 Å². The predicted octanol–water partition coefficient (Wildman–Crippen LogP) is 1.59. The highest BCUT2D eigenvalue weighted by Crippen LogP contribution is 2.25. The monoisotopic (exact) mass is 198 g/mol. The molecule has 3 nitrogen and oxygen atoms in total. The van der Waals surface area contributed by atoms with E-state index in [0.29, 0.717) is 11.8 Å². The smallest absolute Gasteiger partial charge is 0.271 e. The lowest BCUT2D eigenvalue weighted by Gasteiger charge is -2.28. The van der Waals surface area contributed by atoms with E-state index < -0.39 is 5.24 Å². The van der Waals surface area contributed by atoms with Gasteiger partial charge in [-0.2, -0.15) is 0 Å². The average Bonchev–Trinajstić information content (AvgIpc) is 2.17. The van der Waals surface area contributed by atoms with Crippen LogP contribution in [-0.4, -0.2) is 29.3 Å². The molecule has 4 heteroatoms. The minimum Gasteiger partial charge on any atom is -0.285 e. The minimum absolute atomic E-state index is 0.205. The number of carbonyl (C=O) groups excluding carboxylic acids is 1. The zero-order valence-corrected chi connectivity index (χ0v) is 8.00. The van der Waals surface area contributed by atoms with Gasteiger partial charge in [0.15, 0.2) is 0 Å². The minimum atomic E-state index is -0.493. The maximum atomic E-state index is 10.8. The van der Waals surface area contributed by atoms with Crippen molar-refractivity contribution in [3.05, 3.63) is 0 Å². The Hall–Kier alpha value is -0.700. The van der Waals surface area contributed by atoms with Gasteiger partial charge in [0.2, 0.25) is 0 Å². The van der Waals surface area contributed by atoms with Crippen molar-refractivity contribution in [3.63, 3.8) is 0 Å². The molecule has 70 valence electrons. The highest BCUT2D eigenvalue weighted by atomic mass is 35.5. The summed E-state index contributed by atoms with van der Waals surface area (Å²) in [4.78, 5) is 19.4. The predicted molar refractivity (Wildman–Crippen MR) is 52.8 cm³/mol. The molecular formula is C9H11ClN2O. The molecule has 0 aromatic carbocycles. The largest absolute Gasteiger partial charge is 0.285 e. The molecular weight excluding hydrogens is 188 g/mol. The quantitative estimate of drug-likeness (QED) is 0.590. The Balaban J connectivity index is 2.16. The van der Waals surface area contributed by atoms with Crippen LogP contribution in [0.2, 0.25) is 0 Å². The summed E-state index contributed by atoms with van der Waals surface area (Å²) < 4.78 is 0. The van der Waals surface area contributed by atoms with Gasteiger partial charge in [-0.05, 0) is 24.4 Å². The Morgan fingerprint density at radius 1 is 1.38 bits per heavy atom. The molecule has 0 aromatic rings. The first-order valence-corrected chi connectivity index (χ1v) is 4.96. The third-order valence-electron chi connectivity index (χ3n) is 2.59. The van der Waals surface area contributed by atoms with Crippen LogP contribution in [0.15, 0.2) is 9.98 Å². The van der Waals surface area contributed by atoms with Crippen LogP contribution in [-0.2, 0) is 4.79 Å². The van der Waals surface area contributed by atoms with Gasteiger partial charge in [-0.15, -0.1) is 0 Å². The molecule has 1 heterocycles. The van der Waals surface area contributed by atoms with Crippen LogP contribution in [0, 0.1) is 0 Å². The normalized spacial score (nSPS) is 32.2. The number of hydrogen-bond donors (Lipinski definition) is 0. The molecule has 1 aliphatic heterocycles. The highest BCUT2D eigenvalue weighted by Gasteiger charge is 2.27. The Kier molecular flexibility index (Phi) is 2.44. The summed E-state index contributed by atoms with van der Waals surface area (Å²) in [5.74, 6) is 0. The number of rotatable bonds is 1. The van der Waals surface area contributed by atoms with Gasteiger partial charge in [0, 0.05) is 0 Å². The first-order valence-electron chi connectivity index (χ1n) is 4.58. The summed E-state index contributed by atoms with van der Waals surface area (Å²) >= 11 is 5.33. The molecule has 2 rings (SSSR count). The van der Waals surface area contributed by atoms with Crippen LogP contribution in [0.4, 0.5) is 0 Å². The zero-order valence-electron chi connectivity index (χ0n) is 7.24. The van der Waals surface area contributed by atoms with E-state index in [4.69, 9.17) is 11.6 Å². The van der Waals surface area contributed by atoms with Gasteiger partial charge >= 0.3 is 0 Å². The number of hydrogen-bond acceptors (Lipinski definition) is 3. The van der Waals surface area contributed by atoms with Crippen molar-refractivity contribution in [1.82, 2.24) is 0 Å². The van der Waals surface area contributed by atoms with Crippen molar-refractivity contribution in [2.75, 3.05) is 0 Å². The highest BCUT2D eigenvalue weighted by molar-refractivity contribution is 6.89. The molecule has 2 aliphatic rings. The Morgan fingerprint density at radius 3 is 2.77 bits per heavy atom. The van der Waals surface area contributed by atoms with Gasteiger partial charge < -0.3 is 0 Å². The molecule has 1 aliphatic carbocycles. The summed E-state index contributed by atoms with van der Waals surface area (Å²) in [5, 5.41) is -0.493. The van der Waals surface area contributed by atoms with Crippen LogP contribution >= 0.6 is 11.6 Å². The van der Waals surface area contributed by atoms with Gasteiger partial charge in [0.1, 0.15) is 5.71 Å². The number of fused-ring (bicyclic) bond motifs is 1. The van der Waals surface area contributed by atoms with Crippen LogP contribution in [0.5, 0.6) is 0 Å². The van der Waals surface area contributed by atoms with Crippen molar-refractivity contribution in [3.8, 4) is 0 Å². The van der Waals surface area contributed by atoms with Crippen molar-refractivity contribution in [2.24, 2.45) is 9.98 Å². The van der Waals surface area contributed by atoms with Crippen LogP contribution in [0.3, 0.4) is 0 Å². The fourth-order valence-electron chi connectivity index (χ4n) is 1.90. The van der Waals surface area contributed by atoms with Gasteiger partial charge in [0.25, 0.3) is 5.24 Å². The standard InChI is InChI=1S/C9H11ClN2O/c10-9(13)8-5-11-6-3-1-2-4-7(6)12-8/h5-7H,1-4H2. The SMILES string of the molecule is O=C(Cl)C1=NC2CCCCC2N=C1. The fraction of sp³-hybridized carbons (Fsp3) is 0.667.